The first-order valence-corrected chi connectivity index (χ1v) is 3.59. The van der Waals surface area contributed by atoms with Gasteiger partial charge in [0.15, 0.2) is 0 Å². The quantitative estimate of drug-likeness (QED) is 0.532. The number of hydrogen-bond donors (Lipinski definition) is 2. The van der Waals surface area contributed by atoms with E-state index < -0.39 is 0 Å². The molecule has 0 saturated carbocycles. The summed E-state index contributed by atoms with van der Waals surface area (Å²) < 4.78 is 0. The van der Waals surface area contributed by atoms with Crippen LogP contribution in [-0.4, -0.2) is 26.0 Å². The Hall–Kier alpha value is -1.08. The van der Waals surface area contributed by atoms with E-state index in [2.05, 4.69) is 10.6 Å². The second-order valence-corrected chi connectivity index (χ2v) is 2.11. The number of rotatable bonds is 5. The highest BCUT2D eigenvalue weighted by molar-refractivity contribution is 5.75. The average Bonchev–Trinajstić information content (AvgIpc) is 2.01. The zero-order valence-corrected chi connectivity index (χ0v) is 6.68. The molecule has 0 spiro atoms. The van der Waals surface area contributed by atoms with Gasteiger partial charge in [0, 0.05) is 19.5 Å². The first-order valence-electron chi connectivity index (χ1n) is 3.59. The Kier molecular flexibility index (Phi) is 6.34. The van der Waals surface area contributed by atoms with Crippen LogP contribution in [-0.2, 0) is 4.79 Å². The van der Waals surface area contributed by atoms with Crippen molar-refractivity contribution in [3.05, 3.63) is 0 Å². The van der Waals surface area contributed by atoms with Crippen LogP contribution in [0.4, 0.5) is 0 Å². The summed E-state index contributed by atoms with van der Waals surface area (Å²) in [6.07, 6.45) is 0.854. The maximum Gasteiger partial charge on any atom is 0.221 e. The van der Waals surface area contributed by atoms with E-state index in [1.165, 1.54) is 0 Å². The Labute approximate surface area is 66.6 Å². The molecule has 0 rings (SSSR count). The molecule has 0 fully saturated rings. The van der Waals surface area contributed by atoms with Gasteiger partial charge in [-0.1, -0.05) is 0 Å². The second-order valence-electron chi connectivity index (χ2n) is 2.11. The highest BCUT2D eigenvalue weighted by Crippen LogP contribution is 1.77. The summed E-state index contributed by atoms with van der Waals surface area (Å²) >= 11 is 0. The van der Waals surface area contributed by atoms with Crippen LogP contribution in [0, 0.1) is 11.3 Å². The van der Waals surface area contributed by atoms with E-state index in [1.807, 2.05) is 6.07 Å². The van der Waals surface area contributed by atoms with Gasteiger partial charge in [0.1, 0.15) is 0 Å². The molecule has 0 aromatic rings. The molecular formula is C7H13N3O. The maximum atomic E-state index is 10.8. The SMILES string of the molecule is CNCCC(=O)NCCC#N. The summed E-state index contributed by atoms with van der Waals surface area (Å²) in [4.78, 5) is 10.8. The van der Waals surface area contributed by atoms with Gasteiger partial charge in [0.05, 0.1) is 12.5 Å². The molecule has 0 bridgehead atoms. The third-order valence-electron chi connectivity index (χ3n) is 1.16. The van der Waals surface area contributed by atoms with Gasteiger partial charge >= 0.3 is 0 Å². The van der Waals surface area contributed by atoms with E-state index in [1.54, 1.807) is 7.05 Å². The van der Waals surface area contributed by atoms with Crippen molar-refractivity contribution in [2.75, 3.05) is 20.1 Å². The van der Waals surface area contributed by atoms with Crippen molar-refractivity contribution in [3.8, 4) is 6.07 Å². The molecule has 0 atom stereocenters. The number of carbonyl (C=O) groups is 1. The van der Waals surface area contributed by atoms with E-state index in [-0.39, 0.29) is 5.91 Å². The van der Waals surface area contributed by atoms with E-state index in [0.29, 0.717) is 25.9 Å². The summed E-state index contributed by atoms with van der Waals surface area (Å²) in [7, 11) is 1.79. The summed E-state index contributed by atoms with van der Waals surface area (Å²) in [5.74, 6) is -0.00500. The van der Waals surface area contributed by atoms with Crippen LogP contribution in [0.15, 0.2) is 0 Å². The summed E-state index contributed by atoms with van der Waals surface area (Å²) in [5, 5.41) is 13.6. The Bertz CT molecular complexity index is 150. The van der Waals surface area contributed by atoms with Gasteiger partial charge in [0.25, 0.3) is 0 Å². The molecule has 62 valence electrons. The van der Waals surface area contributed by atoms with Crippen molar-refractivity contribution in [1.29, 1.82) is 5.26 Å². The first-order chi connectivity index (χ1) is 5.31. The van der Waals surface area contributed by atoms with Crippen molar-refractivity contribution in [3.63, 3.8) is 0 Å². The Morgan fingerprint density at radius 3 is 2.82 bits per heavy atom. The molecule has 0 aliphatic rings. The number of carbonyl (C=O) groups excluding carboxylic acids is 1. The average molecular weight is 155 g/mol. The number of nitrogens with one attached hydrogen (secondary N) is 2. The molecule has 0 aliphatic carbocycles. The minimum absolute atomic E-state index is 0.00500. The fraction of sp³-hybridized carbons (Fsp3) is 0.714. The summed E-state index contributed by atoms with van der Waals surface area (Å²) in [6, 6.07) is 1.95. The zero-order chi connectivity index (χ0) is 8.53. The molecule has 0 saturated heterocycles. The molecule has 4 nitrogen and oxygen atoms in total. The largest absolute Gasteiger partial charge is 0.355 e. The molecule has 0 aromatic heterocycles. The Morgan fingerprint density at radius 1 is 1.55 bits per heavy atom. The molecule has 4 heteroatoms. The molecule has 0 unspecified atom stereocenters. The normalized spacial score (nSPS) is 8.73. The van der Waals surface area contributed by atoms with Crippen molar-refractivity contribution in [2.45, 2.75) is 12.8 Å². The van der Waals surface area contributed by atoms with Crippen LogP contribution in [0.25, 0.3) is 0 Å². The minimum atomic E-state index is -0.00500. The number of hydrogen-bond acceptors (Lipinski definition) is 3. The van der Waals surface area contributed by atoms with Gasteiger partial charge in [0.2, 0.25) is 5.91 Å². The lowest BCUT2D eigenvalue weighted by atomic mass is 10.4. The minimum Gasteiger partial charge on any atom is -0.355 e. The van der Waals surface area contributed by atoms with Crippen LogP contribution in [0.3, 0.4) is 0 Å². The highest BCUT2D eigenvalue weighted by atomic mass is 16.1. The molecule has 1 amide bonds. The predicted molar refractivity (Wildman–Crippen MR) is 41.8 cm³/mol. The molecule has 0 heterocycles. The summed E-state index contributed by atoms with van der Waals surface area (Å²) in [5.41, 5.74) is 0. The van der Waals surface area contributed by atoms with E-state index in [9.17, 15) is 4.79 Å². The van der Waals surface area contributed by atoms with E-state index in [0.717, 1.165) is 0 Å². The molecule has 0 aliphatic heterocycles. The fourth-order valence-electron chi connectivity index (χ4n) is 0.585. The Balaban J connectivity index is 3.17. The Morgan fingerprint density at radius 2 is 2.27 bits per heavy atom. The molecule has 0 aromatic carbocycles. The van der Waals surface area contributed by atoms with E-state index in [4.69, 9.17) is 5.26 Å². The molecule has 11 heavy (non-hydrogen) atoms. The third kappa shape index (κ3) is 6.81. The lowest BCUT2D eigenvalue weighted by molar-refractivity contribution is -0.120. The van der Waals surface area contributed by atoms with Crippen LogP contribution in [0.1, 0.15) is 12.8 Å². The number of nitriles is 1. The van der Waals surface area contributed by atoms with Crippen LogP contribution in [0.5, 0.6) is 0 Å². The van der Waals surface area contributed by atoms with Gasteiger partial charge in [-0.15, -0.1) is 0 Å². The topological polar surface area (TPSA) is 64.9 Å². The fourth-order valence-corrected chi connectivity index (χ4v) is 0.585. The monoisotopic (exact) mass is 155 g/mol. The van der Waals surface area contributed by atoms with Gasteiger partial charge < -0.3 is 10.6 Å². The predicted octanol–water partition coefficient (Wildman–Crippen LogP) is -0.374. The first kappa shape index (κ1) is 9.92. The smallest absolute Gasteiger partial charge is 0.221 e. The van der Waals surface area contributed by atoms with Crippen molar-refractivity contribution < 1.29 is 4.79 Å². The van der Waals surface area contributed by atoms with Gasteiger partial charge in [-0.05, 0) is 7.05 Å². The summed E-state index contributed by atoms with van der Waals surface area (Å²) in [6.45, 7) is 1.14. The van der Waals surface area contributed by atoms with Crippen LogP contribution >= 0.6 is 0 Å². The van der Waals surface area contributed by atoms with Crippen molar-refractivity contribution in [2.24, 2.45) is 0 Å². The molecular weight excluding hydrogens is 142 g/mol. The van der Waals surface area contributed by atoms with E-state index >= 15 is 0 Å². The van der Waals surface area contributed by atoms with Gasteiger partial charge in [-0.25, -0.2) is 0 Å². The van der Waals surface area contributed by atoms with Crippen molar-refractivity contribution in [1.82, 2.24) is 10.6 Å². The zero-order valence-electron chi connectivity index (χ0n) is 6.68. The molecule has 2 N–H and O–H groups in total. The number of nitrogens with zero attached hydrogens (tertiary/aromatic N) is 1. The van der Waals surface area contributed by atoms with Crippen LogP contribution < -0.4 is 10.6 Å². The maximum absolute atomic E-state index is 10.8. The highest BCUT2D eigenvalue weighted by Gasteiger charge is 1.96. The number of amides is 1. The second kappa shape index (κ2) is 7.03. The van der Waals surface area contributed by atoms with Crippen LogP contribution in [0.2, 0.25) is 0 Å². The lowest BCUT2D eigenvalue weighted by Gasteiger charge is -2.00. The molecule has 0 radical (unpaired) electrons. The lowest BCUT2D eigenvalue weighted by Crippen LogP contribution is -2.27. The van der Waals surface area contributed by atoms with Gasteiger partial charge in [-0.3, -0.25) is 4.79 Å². The standard InChI is InChI=1S/C7H13N3O/c1-9-6-3-7(11)10-5-2-4-8/h9H,2-3,5-6H2,1H3,(H,10,11). The van der Waals surface area contributed by atoms with Crippen molar-refractivity contribution >= 4 is 5.91 Å². The third-order valence-corrected chi connectivity index (χ3v) is 1.16. The van der Waals surface area contributed by atoms with Gasteiger partial charge in [-0.2, -0.15) is 5.26 Å².